The zero-order valence-corrected chi connectivity index (χ0v) is 18.1. The fourth-order valence-corrected chi connectivity index (χ4v) is 3.86. The molecular weight excluding hydrogens is 408 g/mol. The highest BCUT2D eigenvalue weighted by molar-refractivity contribution is 6.26. The predicted octanol–water partition coefficient (Wildman–Crippen LogP) is 1.43. The quantitative estimate of drug-likeness (QED) is 0.399. The molecule has 5 atom stereocenters. The van der Waals surface area contributed by atoms with Gasteiger partial charge >= 0.3 is 11.9 Å². The summed E-state index contributed by atoms with van der Waals surface area (Å²) in [5.41, 5.74) is -1.86. The SMILES string of the molecule is CC=C(C)C(=O)OC1C2=CC(=O)C(C)(OC(C)=O)C(=O)C2=COC12OC(C)CCC2O. The van der Waals surface area contributed by atoms with Crippen LogP contribution in [0.2, 0.25) is 0 Å². The minimum atomic E-state index is -2.07. The third-order valence-electron chi connectivity index (χ3n) is 5.78. The van der Waals surface area contributed by atoms with Gasteiger partial charge in [0.25, 0.3) is 5.79 Å². The molecular formula is C22H26O9. The lowest BCUT2D eigenvalue weighted by Gasteiger charge is -2.49. The van der Waals surface area contributed by atoms with Crippen molar-refractivity contribution in [3.8, 4) is 0 Å². The normalized spacial score (nSPS) is 35.5. The smallest absolute Gasteiger partial charge is 0.334 e. The molecule has 0 aromatic heterocycles. The zero-order chi connectivity index (χ0) is 23.1. The molecule has 9 heteroatoms. The lowest BCUT2D eigenvalue weighted by molar-refractivity contribution is -0.332. The molecule has 0 saturated carbocycles. The molecule has 1 saturated heterocycles. The summed E-state index contributed by atoms with van der Waals surface area (Å²) in [6.45, 7) is 7.25. The van der Waals surface area contributed by atoms with Crippen molar-refractivity contribution in [2.75, 3.05) is 0 Å². The average Bonchev–Trinajstić information content (AvgIpc) is 2.70. The summed E-state index contributed by atoms with van der Waals surface area (Å²) in [6, 6.07) is 0. The lowest BCUT2D eigenvalue weighted by Crippen LogP contribution is -2.64. The van der Waals surface area contributed by atoms with Crippen molar-refractivity contribution in [3.63, 3.8) is 0 Å². The zero-order valence-electron chi connectivity index (χ0n) is 18.1. The Balaban J connectivity index is 2.14. The number of rotatable bonds is 3. The van der Waals surface area contributed by atoms with Crippen molar-refractivity contribution in [1.29, 1.82) is 0 Å². The van der Waals surface area contributed by atoms with Gasteiger partial charge in [-0.15, -0.1) is 0 Å². The van der Waals surface area contributed by atoms with Crippen LogP contribution in [0.3, 0.4) is 0 Å². The molecule has 2 aliphatic heterocycles. The Morgan fingerprint density at radius 1 is 1.26 bits per heavy atom. The highest BCUT2D eigenvalue weighted by Gasteiger charge is 2.61. The van der Waals surface area contributed by atoms with Gasteiger partial charge in [0.1, 0.15) is 6.10 Å². The Kier molecular flexibility index (Phi) is 5.94. The Bertz CT molecular complexity index is 927. The second-order valence-electron chi connectivity index (χ2n) is 8.07. The number of carbonyl (C=O) groups excluding carboxylic acids is 4. The molecule has 3 aliphatic rings. The van der Waals surface area contributed by atoms with Crippen molar-refractivity contribution < 1.29 is 43.2 Å². The van der Waals surface area contributed by atoms with Gasteiger partial charge in [-0.1, -0.05) is 6.08 Å². The van der Waals surface area contributed by atoms with E-state index in [1.54, 1.807) is 26.8 Å². The highest BCUT2D eigenvalue weighted by atomic mass is 16.7. The van der Waals surface area contributed by atoms with E-state index in [2.05, 4.69) is 0 Å². The van der Waals surface area contributed by atoms with E-state index < -0.39 is 47.1 Å². The van der Waals surface area contributed by atoms with Crippen LogP contribution < -0.4 is 0 Å². The number of ether oxygens (including phenoxy) is 4. The van der Waals surface area contributed by atoms with Gasteiger partial charge in [0.05, 0.1) is 17.9 Å². The molecule has 0 amide bonds. The third-order valence-corrected chi connectivity index (χ3v) is 5.78. The van der Waals surface area contributed by atoms with Gasteiger partial charge in [0, 0.05) is 18.1 Å². The molecule has 0 radical (unpaired) electrons. The van der Waals surface area contributed by atoms with E-state index in [0.29, 0.717) is 12.8 Å². The summed E-state index contributed by atoms with van der Waals surface area (Å²) >= 11 is 0. The van der Waals surface area contributed by atoms with Crippen molar-refractivity contribution in [2.24, 2.45) is 0 Å². The molecule has 0 aromatic carbocycles. The highest BCUT2D eigenvalue weighted by Crippen LogP contribution is 2.45. The van der Waals surface area contributed by atoms with Crippen LogP contribution in [0.1, 0.15) is 47.5 Å². The second kappa shape index (κ2) is 8.05. The second-order valence-corrected chi connectivity index (χ2v) is 8.07. The standard InChI is InChI=1S/C22H26O9/c1-6-11(2)20(27)29-19-14-9-17(25)21(5,31-13(4)23)18(26)15(14)10-28-22(19)16(24)8-7-12(3)30-22/h6,9-10,12,16,19,24H,7-8H2,1-5H3. The van der Waals surface area contributed by atoms with Crippen LogP contribution in [0.4, 0.5) is 0 Å². The van der Waals surface area contributed by atoms with Crippen molar-refractivity contribution in [1.82, 2.24) is 0 Å². The molecule has 3 rings (SSSR count). The number of allylic oxidation sites excluding steroid dienone is 1. The van der Waals surface area contributed by atoms with Gasteiger partial charge in [0.2, 0.25) is 17.2 Å². The Labute approximate surface area is 179 Å². The van der Waals surface area contributed by atoms with Crippen LogP contribution in [0.15, 0.2) is 35.1 Å². The van der Waals surface area contributed by atoms with Crippen molar-refractivity contribution in [2.45, 2.75) is 77.2 Å². The maximum absolute atomic E-state index is 13.1. The molecule has 1 aliphatic carbocycles. The topological polar surface area (TPSA) is 125 Å². The first-order valence-electron chi connectivity index (χ1n) is 10.0. The van der Waals surface area contributed by atoms with Crippen molar-refractivity contribution >= 4 is 23.5 Å². The predicted molar refractivity (Wildman–Crippen MR) is 105 cm³/mol. The van der Waals surface area contributed by atoms with Crippen LogP contribution in [-0.2, 0) is 38.1 Å². The largest absolute Gasteiger partial charge is 0.462 e. The number of esters is 2. The number of aliphatic hydroxyl groups is 1. The van der Waals surface area contributed by atoms with Gasteiger partial charge < -0.3 is 24.1 Å². The summed E-state index contributed by atoms with van der Waals surface area (Å²) in [5.74, 6) is -4.96. The molecule has 0 aromatic rings. The molecule has 5 unspecified atom stereocenters. The number of hydrogen-bond donors (Lipinski definition) is 1. The van der Waals surface area contributed by atoms with Gasteiger partial charge in [-0.2, -0.15) is 0 Å². The first kappa shape index (κ1) is 22.9. The maximum Gasteiger partial charge on any atom is 0.334 e. The number of Topliss-reactive ketones (excluding diaryl/α,β-unsaturated/α-hetero) is 1. The van der Waals surface area contributed by atoms with E-state index in [1.165, 1.54) is 6.92 Å². The fourth-order valence-electron chi connectivity index (χ4n) is 3.86. The van der Waals surface area contributed by atoms with E-state index in [-0.39, 0.29) is 22.8 Å². The van der Waals surface area contributed by atoms with E-state index in [9.17, 15) is 24.3 Å². The van der Waals surface area contributed by atoms with Gasteiger partial charge in [-0.25, -0.2) is 4.79 Å². The maximum atomic E-state index is 13.1. The Morgan fingerprint density at radius 2 is 1.94 bits per heavy atom. The number of fused-ring (bicyclic) bond motifs is 1. The van der Waals surface area contributed by atoms with Crippen LogP contribution in [0.25, 0.3) is 0 Å². The first-order valence-corrected chi connectivity index (χ1v) is 10.0. The van der Waals surface area contributed by atoms with E-state index in [0.717, 1.165) is 19.3 Å². The van der Waals surface area contributed by atoms with Gasteiger partial charge in [-0.05, 0) is 46.6 Å². The molecule has 1 fully saturated rings. The summed E-state index contributed by atoms with van der Waals surface area (Å²) in [4.78, 5) is 50.1. The van der Waals surface area contributed by atoms with E-state index in [4.69, 9.17) is 18.9 Å². The van der Waals surface area contributed by atoms with Gasteiger partial charge in [-0.3, -0.25) is 14.4 Å². The molecule has 1 spiro atoms. The molecule has 168 valence electrons. The summed E-state index contributed by atoms with van der Waals surface area (Å²) < 4.78 is 22.3. The molecule has 1 N–H and O–H groups in total. The summed E-state index contributed by atoms with van der Waals surface area (Å²) in [5, 5.41) is 10.8. The van der Waals surface area contributed by atoms with Crippen LogP contribution in [0.5, 0.6) is 0 Å². The van der Waals surface area contributed by atoms with Crippen molar-refractivity contribution in [3.05, 3.63) is 35.1 Å². The number of aliphatic hydroxyl groups excluding tert-OH is 1. The summed E-state index contributed by atoms with van der Waals surface area (Å²) in [7, 11) is 0. The minimum Gasteiger partial charge on any atom is -0.462 e. The number of hydrogen-bond acceptors (Lipinski definition) is 9. The Morgan fingerprint density at radius 3 is 2.55 bits per heavy atom. The number of ketones is 2. The molecule has 2 heterocycles. The monoisotopic (exact) mass is 434 g/mol. The van der Waals surface area contributed by atoms with Gasteiger partial charge in [0.15, 0.2) is 6.10 Å². The third kappa shape index (κ3) is 3.72. The lowest BCUT2D eigenvalue weighted by atomic mass is 9.75. The number of carbonyl (C=O) groups is 4. The van der Waals surface area contributed by atoms with E-state index in [1.807, 2.05) is 0 Å². The summed E-state index contributed by atoms with van der Waals surface area (Å²) in [6.07, 6.45) is 1.58. The van der Waals surface area contributed by atoms with Crippen LogP contribution in [0, 0.1) is 0 Å². The fraction of sp³-hybridized carbons (Fsp3) is 0.545. The van der Waals surface area contributed by atoms with Crippen LogP contribution >= 0.6 is 0 Å². The molecule has 0 bridgehead atoms. The Hall–Kier alpha value is -2.78. The molecule has 31 heavy (non-hydrogen) atoms. The molecule has 9 nitrogen and oxygen atoms in total. The van der Waals surface area contributed by atoms with Crippen LogP contribution in [-0.4, -0.2) is 58.3 Å². The first-order chi connectivity index (χ1) is 14.5. The minimum absolute atomic E-state index is 0.0243. The van der Waals surface area contributed by atoms with E-state index >= 15 is 0 Å². The average molecular weight is 434 g/mol.